The lowest BCUT2D eigenvalue weighted by atomic mass is 9.82. The number of halogens is 3. The fourth-order valence-corrected chi connectivity index (χ4v) is 7.96. The molecule has 1 saturated heterocycles. The minimum atomic E-state index is -3.92. The Bertz CT molecular complexity index is 1610. The van der Waals surface area contributed by atoms with Crippen LogP contribution in [-0.2, 0) is 26.0 Å². The number of nitrogens with zero attached hydrogens (tertiary/aromatic N) is 1. The number of piperazine rings is 1. The van der Waals surface area contributed by atoms with Gasteiger partial charge in [-0.25, -0.2) is 17.6 Å². The van der Waals surface area contributed by atoms with E-state index in [2.05, 4.69) is 16.0 Å². The van der Waals surface area contributed by atoms with Crippen LogP contribution < -0.4 is 16.0 Å². The van der Waals surface area contributed by atoms with Crippen LogP contribution in [0.2, 0.25) is 10.0 Å². The van der Waals surface area contributed by atoms with Crippen LogP contribution in [-0.4, -0.2) is 63.6 Å². The highest BCUT2D eigenvalue weighted by atomic mass is 35.5. The monoisotopic (exact) mass is 708 g/mol. The Labute approximate surface area is 287 Å². The molecule has 0 bridgehead atoms. The second-order valence-corrected chi connectivity index (χ2v) is 13.8. The van der Waals surface area contributed by atoms with Gasteiger partial charge >= 0.3 is 6.09 Å². The first-order valence-electron chi connectivity index (χ1n) is 15.6. The van der Waals surface area contributed by atoms with Crippen molar-refractivity contribution in [2.75, 3.05) is 32.1 Å². The van der Waals surface area contributed by atoms with Crippen molar-refractivity contribution < 1.29 is 27.1 Å². The molecule has 3 aromatic carbocycles. The number of nitrogens with one attached hydrogen (secondary N) is 3. The second-order valence-electron chi connectivity index (χ2n) is 11.1. The molecule has 4 rings (SSSR count). The normalized spacial score (nSPS) is 16.4. The average Bonchev–Trinajstić information content (AvgIpc) is 3.06. The molecule has 47 heavy (non-hydrogen) atoms. The Hall–Kier alpha value is -3.22. The number of hydrogen-bond acceptors (Lipinski definition) is 6. The van der Waals surface area contributed by atoms with E-state index in [9.17, 15) is 18.0 Å². The van der Waals surface area contributed by atoms with E-state index in [1.807, 2.05) is 27.7 Å². The third-order valence-electron chi connectivity index (χ3n) is 7.90. The van der Waals surface area contributed by atoms with Gasteiger partial charge in [-0.2, -0.15) is 4.31 Å². The van der Waals surface area contributed by atoms with Gasteiger partial charge < -0.3 is 20.7 Å². The predicted molar refractivity (Wildman–Crippen MR) is 185 cm³/mol. The highest BCUT2D eigenvalue weighted by Gasteiger charge is 2.36. The van der Waals surface area contributed by atoms with Crippen molar-refractivity contribution in [2.24, 2.45) is 5.92 Å². The molecule has 0 radical (unpaired) electrons. The number of amides is 2. The SMILES string of the molecule is CC.COC(=O)N[C@H](C(=O)Nc1cccc(F)c1CC[C@H]1CNCCN1S(=O)(=O)c1ccccc1Cl)C(c1ccc(Cl)cc1)C(C)C. The first kappa shape index (κ1) is 38.2. The molecular weight excluding hydrogens is 666 g/mol. The van der Waals surface area contributed by atoms with E-state index in [-0.39, 0.29) is 46.5 Å². The number of hydrogen-bond donors (Lipinski definition) is 3. The summed E-state index contributed by atoms with van der Waals surface area (Å²) in [7, 11) is -2.71. The van der Waals surface area contributed by atoms with Gasteiger partial charge in [0.2, 0.25) is 15.9 Å². The number of carbonyl (C=O) groups is 2. The van der Waals surface area contributed by atoms with Crippen molar-refractivity contribution in [3.05, 3.63) is 93.7 Å². The summed E-state index contributed by atoms with van der Waals surface area (Å²) in [5.41, 5.74) is 1.21. The molecule has 256 valence electrons. The smallest absolute Gasteiger partial charge is 0.407 e. The molecule has 0 spiro atoms. The average molecular weight is 710 g/mol. The molecule has 13 heteroatoms. The first-order valence-corrected chi connectivity index (χ1v) is 17.8. The van der Waals surface area contributed by atoms with Gasteiger partial charge in [0.15, 0.2) is 0 Å². The summed E-state index contributed by atoms with van der Waals surface area (Å²) in [4.78, 5) is 26.2. The van der Waals surface area contributed by atoms with Crippen LogP contribution in [0.3, 0.4) is 0 Å². The molecule has 3 N–H and O–H groups in total. The summed E-state index contributed by atoms with van der Waals surface area (Å²) in [6.07, 6.45) is -0.397. The Kier molecular flexibility index (Phi) is 14.5. The molecule has 2 amide bonds. The van der Waals surface area contributed by atoms with Gasteiger partial charge in [0.05, 0.1) is 12.1 Å². The molecule has 0 aromatic heterocycles. The first-order chi connectivity index (χ1) is 22.4. The zero-order chi connectivity index (χ0) is 34.7. The van der Waals surface area contributed by atoms with Crippen molar-refractivity contribution >= 4 is 50.9 Å². The Balaban J connectivity index is 0.00000294. The van der Waals surface area contributed by atoms with Crippen molar-refractivity contribution in [1.82, 2.24) is 14.9 Å². The summed E-state index contributed by atoms with van der Waals surface area (Å²) in [5, 5.41) is 9.34. The summed E-state index contributed by atoms with van der Waals surface area (Å²) in [6.45, 7) is 8.89. The van der Waals surface area contributed by atoms with Crippen LogP contribution >= 0.6 is 23.2 Å². The van der Waals surface area contributed by atoms with Gasteiger partial charge in [-0.15, -0.1) is 0 Å². The number of methoxy groups -OCH3 is 1. The summed E-state index contributed by atoms with van der Waals surface area (Å²) >= 11 is 12.3. The molecule has 1 aliphatic heterocycles. The lowest BCUT2D eigenvalue weighted by Gasteiger charge is -2.35. The van der Waals surface area contributed by atoms with Crippen molar-refractivity contribution in [3.63, 3.8) is 0 Å². The maximum Gasteiger partial charge on any atom is 0.407 e. The quantitative estimate of drug-likeness (QED) is 0.201. The van der Waals surface area contributed by atoms with Gasteiger partial charge in [-0.3, -0.25) is 4.79 Å². The molecule has 0 saturated carbocycles. The topological polar surface area (TPSA) is 117 Å². The minimum absolute atomic E-state index is 0.0157. The number of benzene rings is 3. The van der Waals surface area contributed by atoms with E-state index in [1.165, 1.54) is 35.7 Å². The van der Waals surface area contributed by atoms with Crippen LogP contribution in [0.25, 0.3) is 0 Å². The van der Waals surface area contributed by atoms with Crippen LogP contribution in [0.15, 0.2) is 71.6 Å². The van der Waals surface area contributed by atoms with Gasteiger partial charge in [-0.1, -0.05) is 81.2 Å². The molecule has 1 unspecified atom stereocenters. The Morgan fingerprint density at radius 1 is 1.04 bits per heavy atom. The lowest BCUT2D eigenvalue weighted by molar-refractivity contribution is -0.118. The largest absolute Gasteiger partial charge is 0.453 e. The highest BCUT2D eigenvalue weighted by molar-refractivity contribution is 7.89. The van der Waals surface area contributed by atoms with Gasteiger partial charge in [0.25, 0.3) is 0 Å². The third-order valence-corrected chi connectivity index (χ3v) is 10.6. The van der Waals surface area contributed by atoms with E-state index in [4.69, 9.17) is 27.9 Å². The number of alkyl carbamates (subject to hydrolysis) is 1. The number of anilines is 1. The summed E-state index contributed by atoms with van der Waals surface area (Å²) < 4.78 is 48.7. The second kappa shape index (κ2) is 17.8. The molecule has 3 aromatic rings. The predicted octanol–water partition coefficient (Wildman–Crippen LogP) is 6.86. The third kappa shape index (κ3) is 9.67. The van der Waals surface area contributed by atoms with Crippen molar-refractivity contribution in [3.8, 4) is 0 Å². The van der Waals surface area contributed by atoms with Crippen molar-refractivity contribution in [2.45, 2.75) is 63.4 Å². The minimum Gasteiger partial charge on any atom is -0.453 e. The van der Waals surface area contributed by atoms with Gasteiger partial charge in [0.1, 0.15) is 16.8 Å². The van der Waals surface area contributed by atoms with Gasteiger partial charge in [-0.05, 0) is 60.7 Å². The molecule has 9 nitrogen and oxygen atoms in total. The Morgan fingerprint density at radius 2 is 1.72 bits per heavy atom. The Morgan fingerprint density at radius 3 is 2.36 bits per heavy atom. The summed E-state index contributed by atoms with van der Waals surface area (Å²) in [5.74, 6) is -1.69. The molecule has 1 aliphatic rings. The highest BCUT2D eigenvalue weighted by Crippen LogP contribution is 2.32. The number of ether oxygens (including phenoxy) is 1. The van der Waals surface area contributed by atoms with E-state index >= 15 is 4.39 Å². The van der Waals surface area contributed by atoms with E-state index in [0.29, 0.717) is 18.1 Å². The lowest BCUT2D eigenvalue weighted by Crippen LogP contribution is -2.53. The standard InChI is InChI=1S/C32H37Cl2FN4O5S.C2H6/c1-20(2)29(21-11-13-22(33)14-12-21)30(38-32(41)44-3)31(40)37-27-9-6-8-26(35)24(27)16-15-23-19-36-17-18-39(23)45(42,43)28-10-5-4-7-25(28)34;1-2/h4-14,20,23,29-30,36H,15-19H2,1-3H3,(H,37,40)(H,38,41);1-2H3/t23-,29?,30-;/m0./s1. The van der Waals surface area contributed by atoms with Crippen LogP contribution in [0.1, 0.15) is 51.2 Å². The van der Waals surface area contributed by atoms with E-state index in [1.54, 1.807) is 42.5 Å². The fourth-order valence-electron chi connectivity index (χ4n) is 5.69. The molecule has 0 aliphatic carbocycles. The van der Waals surface area contributed by atoms with Crippen molar-refractivity contribution in [1.29, 1.82) is 0 Å². The molecule has 1 heterocycles. The zero-order valence-electron chi connectivity index (χ0n) is 27.2. The summed E-state index contributed by atoms with van der Waals surface area (Å²) in [6, 6.07) is 16.0. The number of sulfonamides is 1. The zero-order valence-corrected chi connectivity index (χ0v) is 29.6. The van der Waals surface area contributed by atoms with E-state index < -0.39 is 45.8 Å². The van der Waals surface area contributed by atoms with E-state index in [0.717, 1.165) is 5.56 Å². The number of rotatable bonds is 11. The molecular formula is C34H43Cl2FN4O5S. The maximum atomic E-state index is 15.3. The molecule has 3 atom stereocenters. The van der Waals surface area contributed by atoms with Gasteiger partial charge in [0, 0.05) is 47.9 Å². The molecule has 1 fully saturated rings. The maximum absolute atomic E-state index is 15.3. The van der Waals surface area contributed by atoms with Crippen LogP contribution in [0.4, 0.5) is 14.9 Å². The van der Waals surface area contributed by atoms with Crippen LogP contribution in [0.5, 0.6) is 0 Å². The number of carbonyl (C=O) groups excluding carboxylic acids is 2. The fraction of sp³-hybridized carbons (Fsp3) is 0.412. The van der Waals surface area contributed by atoms with Crippen LogP contribution in [0, 0.1) is 11.7 Å².